The van der Waals surface area contributed by atoms with Crippen molar-refractivity contribution >= 4 is 17.2 Å². The molecule has 0 saturated heterocycles. The van der Waals surface area contributed by atoms with Crippen LogP contribution in [0, 0.1) is 23.7 Å². The highest BCUT2D eigenvalue weighted by molar-refractivity contribution is 7.12. The number of hydrogen-bond acceptors (Lipinski definition) is 3. The Balaban J connectivity index is 2.07. The van der Waals surface area contributed by atoms with Crippen molar-refractivity contribution in [2.45, 2.75) is 39.2 Å². The number of amides is 1. The molecule has 0 aromatic carbocycles. The first-order valence-corrected chi connectivity index (χ1v) is 8.08. The summed E-state index contributed by atoms with van der Waals surface area (Å²) in [6, 6.07) is 2.17. The van der Waals surface area contributed by atoms with Gasteiger partial charge in [0.2, 0.25) is 0 Å². The Morgan fingerprint density at radius 2 is 2.30 bits per heavy atom. The van der Waals surface area contributed by atoms with Crippen molar-refractivity contribution in [2.75, 3.05) is 6.54 Å². The summed E-state index contributed by atoms with van der Waals surface area (Å²) in [5.41, 5.74) is 6.17. The van der Waals surface area contributed by atoms with Crippen LogP contribution in [0.2, 0.25) is 0 Å². The first-order valence-electron chi connectivity index (χ1n) is 7.20. The molecule has 0 bridgehead atoms. The highest BCUT2D eigenvalue weighted by Gasteiger charge is 2.28. The van der Waals surface area contributed by atoms with E-state index in [1.54, 1.807) is 0 Å². The van der Waals surface area contributed by atoms with Crippen LogP contribution in [0.15, 0.2) is 11.4 Å². The number of carbonyl (C=O) groups excluding carboxylic acids is 1. The molecule has 0 radical (unpaired) electrons. The van der Waals surface area contributed by atoms with Crippen LogP contribution in [0.4, 0.5) is 0 Å². The predicted octanol–water partition coefficient (Wildman–Crippen LogP) is 2.61. The molecule has 2 rings (SSSR count). The molecule has 1 aromatic heterocycles. The van der Waals surface area contributed by atoms with Gasteiger partial charge in [0.25, 0.3) is 5.91 Å². The molecule has 3 nitrogen and oxygen atoms in total. The zero-order valence-corrected chi connectivity index (χ0v) is 12.9. The highest BCUT2D eigenvalue weighted by atomic mass is 32.1. The number of carbonyl (C=O) groups is 1. The van der Waals surface area contributed by atoms with Gasteiger partial charge < -0.3 is 11.1 Å². The SMILES string of the molecule is CC1CCCC(NC(=O)c2sccc2C#CCN)C1C. The van der Waals surface area contributed by atoms with Gasteiger partial charge in [-0.3, -0.25) is 4.79 Å². The number of thiophene rings is 1. The summed E-state index contributed by atoms with van der Waals surface area (Å²) in [7, 11) is 0. The third-order valence-corrected chi connectivity index (χ3v) is 5.13. The molecule has 1 saturated carbocycles. The maximum absolute atomic E-state index is 12.4. The summed E-state index contributed by atoms with van der Waals surface area (Å²) in [4.78, 5) is 13.1. The van der Waals surface area contributed by atoms with Crippen molar-refractivity contribution in [1.82, 2.24) is 5.32 Å². The lowest BCUT2D eigenvalue weighted by atomic mass is 9.78. The van der Waals surface area contributed by atoms with Gasteiger partial charge in [0.1, 0.15) is 4.88 Å². The van der Waals surface area contributed by atoms with Crippen molar-refractivity contribution < 1.29 is 4.79 Å². The molecule has 20 heavy (non-hydrogen) atoms. The van der Waals surface area contributed by atoms with E-state index in [4.69, 9.17) is 5.73 Å². The van der Waals surface area contributed by atoms with E-state index in [0.717, 1.165) is 12.0 Å². The Labute approximate surface area is 124 Å². The zero-order valence-electron chi connectivity index (χ0n) is 12.1. The summed E-state index contributed by atoms with van der Waals surface area (Å²) in [6.07, 6.45) is 3.53. The van der Waals surface area contributed by atoms with Crippen LogP contribution in [-0.4, -0.2) is 18.5 Å². The maximum atomic E-state index is 12.4. The Morgan fingerprint density at radius 1 is 1.50 bits per heavy atom. The van der Waals surface area contributed by atoms with E-state index in [9.17, 15) is 4.79 Å². The van der Waals surface area contributed by atoms with Crippen LogP contribution in [-0.2, 0) is 0 Å². The third-order valence-electron chi connectivity index (χ3n) is 4.22. The van der Waals surface area contributed by atoms with E-state index in [2.05, 4.69) is 31.0 Å². The van der Waals surface area contributed by atoms with Gasteiger partial charge in [-0.2, -0.15) is 0 Å². The van der Waals surface area contributed by atoms with E-state index in [-0.39, 0.29) is 11.9 Å². The topological polar surface area (TPSA) is 55.1 Å². The third kappa shape index (κ3) is 3.41. The summed E-state index contributed by atoms with van der Waals surface area (Å²) in [5, 5.41) is 5.10. The van der Waals surface area contributed by atoms with E-state index >= 15 is 0 Å². The van der Waals surface area contributed by atoms with Crippen LogP contribution in [0.5, 0.6) is 0 Å². The lowest BCUT2D eigenvalue weighted by Gasteiger charge is -2.34. The fourth-order valence-electron chi connectivity index (χ4n) is 2.75. The van der Waals surface area contributed by atoms with Gasteiger partial charge in [-0.25, -0.2) is 0 Å². The van der Waals surface area contributed by atoms with Gasteiger partial charge in [0.05, 0.1) is 6.54 Å². The lowest BCUT2D eigenvalue weighted by Crippen LogP contribution is -2.43. The molecule has 1 aromatic rings. The van der Waals surface area contributed by atoms with Gasteiger partial charge in [0, 0.05) is 11.6 Å². The molecule has 1 aliphatic rings. The van der Waals surface area contributed by atoms with Gasteiger partial charge in [-0.15, -0.1) is 11.3 Å². The minimum absolute atomic E-state index is 0.00673. The standard InChI is InChI=1S/C16H22N2OS/c1-11-5-3-7-14(12(11)2)18-16(19)15-13(6-4-9-17)8-10-20-15/h8,10-12,14H,3,5,7,9,17H2,1-2H3,(H,18,19). The second kappa shape index (κ2) is 6.92. The second-order valence-electron chi connectivity index (χ2n) is 5.52. The van der Waals surface area contributed by atoms with Gasteiger partial charge in [0.15, 0.2) is 0 Å². The molecule has 3 unspecified atom stereocenters. The number of nitrogens with two attached hydrogens (primary N) is 1. The normalized spacial score (nSPS) is 25.6. The average molecular weight is 290 g/mol. The predicted molar refractivity (Wildman–Crippen MR) is 83.7 cm³/mol. The number of rotatable bonds is 2. The second-order valence-corrected chi connectivity index (χ2v) is 6.43. The molecule has 108 valence electrons. The molecular weight excluding hydrogens is 268 g/mol. The average Bonchev–Trinajstić information content (AvgIpc) is 2.90. The smallest absolute Gasteiger partial charge is 0.262 e. The van der Waals surface area contributed by atoms with E-state index < -0.39 is 0 Å². The molecule has 1 aliphatic carbocycles. The molecule has 1 amide bonds. The summed E-state index contributed by atoms with van der Waals surface area (Å²) in [6.45, 7) is 4.82. The summed E-state index contributed by atoms with van der Waals surface area (Å²) >= 11 is 1.44. The Hall–Kier alpha value is -1.31. The molecule has 1 fully saturated rings. The molecule has 1 heterocycles. The molecule has 4 heteroatoms. The fourth-order valence-corrected chi connectivity index (χ4v) is 3.50. The monoisotopic (exact) mass is 290 g/mol. The highest BCUT2D eigenvalue weighted by Crippen LogP contribution is 2.30. The van der Waals surface area contributed by atoms with Crippen LogP contribution in [0.25, 0.3) is 0 Å². The van der Waals surface area contributed by atoms with Crippen LogP contribution in [0.1, 0.15) is 48.3 Å². The number of nitrogens with one attached hydrogen (secondary N) is 1. The van der Waals surface area contributed by atoms with Crippen molar-refractivity contribution in [3.63, 3.8) is 0 Å². The van der Waals surface area contributed by atoms with Gasteiger partial charge in [-0.1, -0.05) is 38.5 Å². The summed E-state index contributed by atoms with van der Waals surface area (Å²) < 4.78 is 0. The molecule has 3 N–H and O–H groups in total. The van der Waals surface area contributed by atoms with Crippen molar-refractivity contribution in [3.05, 3.63) is 21.9 Å². The van der Waals surface area contributed by atoms with Crippen LogP contribution in [0.3, 0.4) is 0 Å². The van der Waals surface area contributed by atoms with Crippen molar-refractivity contribution in [3.8, 4) is 11.8 Å². The first-order chi connectivity index (χ1) is 9.63. The van der Waals surface area contributed by atoms with Crippen molar-refractivity contribution in [2.24, 2.45) is 17.6 Å². The first kappa shape index (κ1) is 15.1. The lowest BCUT2D eigenvalue weighted by molar-refractivity contribution is 0.0895. The molecule has 3 atom stereocenters. The van der Waals surface area contributed by atoms with Gasteiger partial charge >= 0.3 is 0 Å². The van der Waals surface area contributed by atoms with Gasteiger partial charge in [-0.05, 0) is 29.7 Å². The van der Waals surface area contributed by atoms with Crippen LogP contribution >= 0.6 is 11.3 Å². The Bertz CT molecular complexity index is 526. The minimum Gasteiger partial charge on any atom is -0.348 e. The quantitative estimate of drug-likeness (QED) is 0.823. The minimum atomic E-state index is 0.00673. The van der Waals surface area contributed by atoms with Crippen LogP contribution < -0.4 is 11.1 Å². The largest absolute Gasteiger partial charge is 0.348 e. The fraction of sp³-hybridized carbons (Fsp3) is 0.562. The Morgan fingerprint density at radius 3 is 3.05 bits per heavy atom. The van der Waals surface area contributed by atoms with Crippen molar-refractivity contribution in [1.29, 1.82) is 0 Å². The molecule has 0 spiro atoms. The molecule has 0 aliphatic heterocycles. The maximum Gasteiger partial charge on any atom is 0.262 e. The Kier molecular flexibility index (Phi) is 5.22. The zero-order chi connectivity index (χ0) is 14.5. The van der Waals surface area contributed by atoms with E-state index in [1.165, 1.54) is 24.2 Å². The van der Waals surface area contributed by atoms with E-state index in [0.29, 0.717) is 23.3 Å². The molecular formula is C16H22N2OS. The summed E-state index contributed by atoms with van der Waals surface area (Å²) in [5.74, 6) is 6.99. The van der Waals surface area contributed by atoms with E-state index in [1.807, 2.05) is 11.4 Å². The number of hydrogen-bond donors (Lipinski definition) is 2.